The summed E-state index contributed by atoms with van der Waals surface area (Å²) in [5.41, 5.74) is 1.98. The van der Waals surface area contributed by atoms with Crippen molar-refractivity contribution < 1.29 is 4.79 Å². The molecular weight excluding hydrogens is 118 g/mol. The summed E-state index contributed by atoms with van der Waals surface area (Å²) in [6, 6.07) is -0.340. The highest BCUT2D eigenvalue weighted by atomic mass is 16.2. The van der Waals surface area contributed by atoms with E-state index in [0.29, 0.717) is 6.54 Å². The minimum absolute atomic E-state index is 0.340. The van der Waals surface area contributed by atoms with Crippen LogP contribution in [0.1, 0.15) is 6.92 Å². The fourth-order valence-electron chi connectivity index (χ4n) is 0.439. The van der Waals surface area contributed by atoms with Gasteiger partial charge in [-0.25, -0.2) is 10.6 Å². The van der Waals surface area contributed by atoms with Crippen molar-refractivity contribution in [3.8, 4) is 0 Å². The van der Waals surface area contributed by atoms with E-state index in [9.17, 15) is 4.79 Å². The second-order valence-corrected chi connectivity index (χ2v) is 1.42. The molecule has 0 aliphatic rings. The molecule has 0 aromatic rings. The van der Waals surface area contributed by atoms with Crippen molar-refractivity contribution in [2.24, 2.45) is 5.84 Å². The SMILES string of the molecule is C=CN(CC)C(=O)NN. The summed E-state index contributed by atoms with van der Waals surface area (Å²) in [5, 5.41) is 0. The van der Waals surface area contributed by atoms with Crippen LogP contribution in [0.2, 0.25) is 0 Å². The van der Waals surface area contributed by atoms with Crippen LogP contribution in [0.15, 0.2) is 12.8 Å². The van der Waals surface area contributed by atoms with Gasteiger partial charge >= 0.3 is 6.03 Å². The van der Waals surface area contributed by atoms with Gasteiger partial charge in [-0.3, -0.25) is 5.43 Å². The van der Waals surface area contributed by atoms with Gasteiger partial charge in [0.2, 0.25) is 0 Å². The minimum Gasteiger partial charge on any atom is -0.301 e. The molecule has 4 heteroatoms. The molecule has 0 heterocycles. The molecule has 0 unspecified atom stereocenters. The number of carbonyl (C=O) groups is 1. The first-order valence-corrected chi connectivity index (χ1v) is 2.66. The molecule has 0 aliphatic heterocycles. The summed E-state index contributed by atoms with van der Waals surface area (Å²) in [4.78, 5) is 12.0. The third-order valence-corrected chi connectivity index (χ3v) is 0.945. The van der Waals surface area contributed by atoms with Crippen LogP contribution in [0.4, 0.5) is 4.79 Å². The molecular formula is C5H11N3O. The Labute approximate surface area is 54.3 Å². The number of hydrogen-bond donors (Lipinski definition) is 2. The Bertz CT molecular complexity index is 113. The van der Waals surface area contributed by atoms with E-state index >= 15 is 0 Å². The van der Waals surface area contributed by atoms with E-state index in [1.165, 1.54) is 11.1 Å². The normalized spacial score (nSPS) is 8.22. The summed E-state index contributed by atoms with van der Waals surface area (Å²) >= 11 is 0. The lowest BCUT2D eigenvalue weighted by atomic mass is 10.6. The molecule has 0 aromatic heterocycles. The smallest absolute Gasteiger partial charge is 0.301 e. The Morgan fingerprint density at radius 3 is 2.67 bits per heavy atom. The van der Waals surface area contributed by atoms with Crippen LogP contribution < -0.4 is 11.3 Å². The third kappa shape index (κ3) is 2.14. The standard InChI is InChI=1S/C5H11N3O/c1-3-8(4-2)5(9)7-6/h3H,1,4,6H2,2H3,(H,7,9). The highest BCUT2D eigenvalue weighted by molar-refractivity contribution is 5.74. The molecule has 0 rings (SSSR count). The molecule has 2 amide bonds. The number of carbonyl (C=O) groups excluding carboxylic acids is 1. The molecule has 52 valence electrons. The summed E-state index contributed by atoms with van der Waals surface area (Å²) in [6.07, 6.45) is 1.42. The quantitative estimate of drug-likeness (QED) is 0.314. The van der Waals surface area contributed by atoms with E-state index < -0.39 is 0 Å². The number of amides is 2. The number of nitrogens with one attached hydrogen (secondary N) is 1. The van der Waals surface area contributed by atoms with Crippen molar-refractivity contribution in [2.45, 2.75) is 6.92 Å². The average molecular weight is 129 g/mol. The van der Waals surface area contributed by atoms with Gasteiger partial charge in [-0.15, -0.1) is 0 Å². The van der Waals surface area contributed by atoms with Gasteiger partial charge in [-0.1, -0.05) is 6.58 Å². The van der Waals surface area contributed by atoms with E-state index in [-0.39, 0.29) is 6.03 Å². The molecule has 4 nitrogen and oxygen atoms in total. The first-order valence-electron chi connectivity index (χ1n) is 2.66. The largest absolute Gasteiger partial charge is 0.335 e. The number of hydrazine groups is 1. The van der Waals surface area contributed by atoms with Crippen molar-refractivity contribution in [1.29, 1.82) is 0 Å². The molecule has 0 saturated heterocycles. The van der Waals surface area contributed by atoms with Crippen LogP contribution in [0.5, 0.6) is 0 Å². The Morgan fingerprint density at radius 2 is 2.56 bits per heavy atom. The van der Waals surface area contributed by atoms with Gasteiger partial charge < -0.3 is 4.90 Å². The van der Waals surface area contributed by atoms with E-state index in [0.717, 1.165) is 0 Å². The van der Waals surface area contributed by atoms with Crippen molar-refractivity contribution in [1.82, 2.24) is 10.3 Å². The number of nitrogens with two attached hydrogens (primary N) is 1. The zero-order chi connectivity index (χ0) is 7.28. The Hall–Kier alpha value is -1.03. The highest BCUT2D eigenvalue weighted by Gasteiger charge is 2.02. The van der Waals surface area contributed by atoms with Crippen molar-refractivity contribution in [2.75, 3.05) is 6.54 Å². The van der Waals surface area contributed by atoms with Crippen molar-refractivity contribution in [3.63, 3.8) is 0 Å². The monoisotopic (exact) mass is 129 g/mol. The molecule has 0 aromatic carbocycles. The summed E-state index contributed by atoms with van der Waals surface area (Å²) in [7, 11) is 0. The topological polar surface area (TPSA) is 58.4 Å². The van der Waals surface area contributed by atoms with Crippen LogP contribution in [0.25, 0.3) is 0 Å². The second kappa shape index (κ2) is 3.91. The van der Waals surface area contributed by atoms with E-state index in [4.69, 9.17) is 5.84 Å². The summed E-state index contributed by atoms with van der Waals surface area (Å²) in [5.74, 6) is 4.84. The number of nitrogens with zero attached hydrogens (tertiary/aromatic N) is 1. The van der Waals surface area contributed by atoms with Gasteiger partial charge in [-0.2, -0.15) is 0 Å². The van der Waals surface area contributed by atoms with Crippen molar-refractivity contribution >= 4 is 6.03 Å². The molecule has 0 bridgehead atoms. The Morgan fingerprint density at radius 1 is 2.00 bits per heavy atom. The number of hydrogen-bond acceptors (Lipinski definition) is 2. The summed E-state index contributed by atoms with van der Waals surface area (Å²) < 4.78 is 0. The number of urea groups is 1. The minimum atomic E-state index is -0.340. The molecule has 9 heavy (non-hydrogen) atoms. The number of rotatable bonds is 2. The maximum absolute atomic E-state index is 10.6. The fraction of sp³-hybridized carbons (Fsp3) is 0.400. The second-order valence-electron chi connectivity index (χ2n) is 1.42. The van der Waals surface area contributed by atoms with Gasteiger partial charge in [0.1, 0.15) is 0 Å². The van der Waals surface area contributed by atoms with Crippen LogP contribution in [0, 0.1) is 0 Å². The summed E-state index contributed by atoms with van der Waals surface area (Å²) in [6.45, 7) is 5.82. The molecule has 0 atom stereocenters. The Kier molecular flexibility index (Phi) is 3.46. The molecule has 0 aliphatic carbocycles. The molecule has 3 N–H and O–H groups in total. The van der Waals surface area contributed by atoms with Gasteiger partial charge in [0.05, 0.1) is 0 Å². The zero-order valence-electron chi connectivity index (χ0n) is 5.42. The lowest BCUT2D eigenvalue weighted by molar-refractivity contribution is 0.217. The Balaban J connectivity index is 3.78. The van der Waals surface area contributed by atoms with E-state index in [2.05, 4.69) is 6.58 Å². The third-order valence-electron chi connectivity index (χ3n) is 0.945. The predicted molar refractivity (Wildman–Crippen MR) is 35.3 cm³/mol. The highest BCUT2D eigenvalue weighted by Crippen LogP contribution is 1.85. The van der Waals surface area contributed by atoms with Crippen LogP contribution in [0.3, 0.4) is 0 Å². The van der Waals surface area contributed by atoms with E-state index in [1.54, 1.807) is 0 Å². The first kappa shape index (κ1) is 7.97. The van der Waals surface area contributed by atoms with Crippen molar-refractivity contribution in [3.05, 3.63) is 12.8 Å². The van der Waals surface area contributed by atoms with Gasteiger partial charge in [0.15, 0.2) is 0 Å². The van der Waals surface area contributed by atoms with Crippen LogP contribution >= 0.6 is 0 Å². The predicted octanol–water partition coefficient (Wildman–Crippen LogP) is 0.0351. The zero-order valence-corrected chi connectivity index (χ0v) is 5.42. The average Bonchev–Trinajstić information content (AvgIpc) is 1.90. The van der Waals surface area contributed by atoms with Crippen LogP contribution in [-0.4, -0.2) is 17.5 Å². The van der Waals surface area contributed by atoms with Crippen LogP contribution in [-0.2, 0) is 0 Å². The molecule has 0 fully saturated rings. The van der Waals surface area contributed by atoms with Gasteiger partial charge in [0.25, 0.3) is 0 Å². The maximum atomic E-state index is 10.6. The lowest BCUT2D eigenvalue weighted by Gasteiger charge is -2.13. The molecule has 0 spiro atoms. The fourth-order valence-corrected chi connectivity index (χ4v) is 0.439. The van der Waals surface area contributed by atoms with Gasteiger partial charge in [0, 0.05) is 12.7 Å². The first-order chi connectivity index (χ1) is 4.26. The maximum Gasteiger partial charge on any atom is 0.335 e. The lowest BCUT2D eigenvalue weighted by Crippen LogP contribution is -2.40. The van der Waals surface area contributed by atoms with Gasteiger partial charge in [-0.05, 0) is 6.92 Å². The molecule has 0 radical (unpaired) electrons. The molecule has 0 saturated carbocycles. The van der Waals surface area contributed by atoms with E-state index in [1.807, 2.05) is 12.3 Å².